The molecule has 2 fully saturated rings. The van der Waals surface area contributed by atoms with Crippen LogP contribution in [-0.2, 0) is 51.8 Å². The standard InChI is InChI=1S/C31H40N4.2C4H8O.4CO.Fe.Ga.H/c1-22(2)26-11-9-12-27(23(3)4)30(26)34-17-15-32(20-34)19-33-16-18-35(21-33)31-28(24(5)6)13-10-14-29(31)25(7)8;2*1-2-4-5-3-1;4*1-2;;;/h9-18,22-25H,19H2,1-8H3;2*1-4H2;;;;;;;/q;;;;;;;;;-1. The summed E-state index contributed by atoms with van der Waals surface area (Å²) in [6, 6.07) is 13.3. The third-order valence-electron chi connectivity index (χ3n) is 8.39. The summed E-state index contributed by atoms with van der Waals surface area (Å²) >= 11 is 0. The Morgan fingerprint density at radius 3 is 1.02 bits per heavy atom. The smallest absolute Gasteiger partial charge is 0 e. The van der Waals surface area contributed by atoms with Gasteiger partial charge < -0.3 is 20.0 Å². The molecule has 0 spiro atoms. The van der Waals surface area contributed by atoms with E-state index in [-0.39, 0.29) is 38.3 Å². The van der Waals surface area contributed by atoms with E-state index in [2.05, 4.69) is 174 Å². The predicted octanol–water partition coefficient (Wildman–Crippen LogP) is 7.62. The van der Waals surface area contributed by atoms with Gasteiger partial charge in [0.1, 0.15) is 0 Å². The number of benzene rings is 2. The first-order valence-electron chi connectivity index (χ1n) is 17.9. The molecular formula is C43H57FeGaN4O6-. The van der Waals surface area contributed by atoms with Crippen molar-refractivity contribution < 1.29 is 55.7 Å². The normalized spacial score (nSPS) is 12.1. The van der Waals surface area contributed by atoms with Gasteiger partial charge in [0, 0.05) is 88.1 Å². The number of aromatic nitrogens is 4. The van der Waals surface area contributed by atoms with E-state index >= 15 is 0 Å². The van der Waals surface area contributed by atoms with Gasteiger partial charge in [-0.15, -0.1) is 0 Å². The third-order valence-corrected chi connectivity index (χ3v) is 8.39. The van der Waals surface area contributed by atoms with E-state index in [1.165, 1.54) is 59.3 Å². The van der Waals surface area contributed by atoms with Crippen LogP contribution >= 0.6 is 0 Å². The Hall–Kier alpha value is -3.10. The van der Waals surface area contributed by atoms with Crippen LogP contribution in [0.1, 0.15) is 128 Å². The molecule has 3 radical (unpaired) electrons. The molecule has 0 atom stereocenters. The average molecular weight is 852 g/mol. The monoisotopic (exact) mass is 850 g/mol. The molecule has 2 aromatic heterocycles. The maximum Gasteiger partial charge on any atom is 0 e. The van der Waals surface area contributed by atoms with Crippen molar-refractivity contribution in [2.45, 2.75) is 111 Å². The Morgan fingerprint density at radius 1 is 0.564 bits per heavy atom. The molecule has 4 heterocycles. The maximum absolute atomic E-state index is 7.50. The van der Waals surface area contributed by atoms with Crippen molar-refractivity contribution in [3.63, 3.8) is 0 Å². The van der Waals surface area contributed by atoms with E-state index in [4.69, 9.17) is 28.1 Å². The van der Waals surface area contributed by atoms with Gasteiger partial charge in [0.05, 0.1) is 11.4 Å². The first kappa shape index (κ1) is 56.2. The number of imidazole rings is 2. The van der Waals surface area contributed by atoms with Gasteiger partial charge in [0.25, 0.3) is 0 Å². The largest absolute Gasteiger partial charge is 1.00 e. The van der Waals surface area contributed by atoms with Crippen molar-refractivity contribution in [1.82, 2.24) is 9.13 Å². The molecule has 4 aromatic rings. The van der Waals surface area contributed by atoms with Crippen LogP contribution in [0.2, 0.25) is 0 Å². The van der Waals surface area contributed by atoms with E-state index in [0.29, 0.717) is 30.3 Å². The molecule has 55 heavy (non-hydrogen) atoms. The minimum Gasteiger partial charge on any atom is -1.00 e. The van der Waals surface area contributed by atoms with Crippen LogP contribution in [0.25, 0.3) is 11.4 Å². The third kappa shape index (κ3) is 18.6. The second kappa shape index (κ2) is 33.1. The first-order chi connectivity index (χ1) is 25.7. The average Bonchev–Trinajstić information content (AvgIpc) is 4.05. The van der Waals surface area contributed by atoms with Crippen LogP contribution in [-0.4, -0.2) is 55.4 Å². The van der Waals surface area contributed by atoms with Gasteiger partial charge in [-0.2, -0.15) is 0 Å². The maximum atomic E-state index is 7.50. The topological polar surface area (TPSA) is 116 Å². The SMILES string of the molecule is C1CCOC1.C1CCOC1.CC(C)c1cccc(C(C)C)c1-[n+]1[c-]n(Cn2[c-][n+](-c3c(C(C)C)cccc3C(C)C)cc2)cc1.[C-]#[O+].[C-]#[O+].[C-]#[O+].[C-]#[O+].[Fe].[Ga].[H-]. The molecule has 0 N–H and O–H groups in total. The van der Waals surface area contributed by atoms with E-state index in [1.54, 1.807) is 0 Å². The molecule has 2 saturated heterocycles. The fourth-order valence-corrected chi connectivity index (χ4v) is 5.88. The van der Waals surface area contributed by atoms with Gasteiger partial charge in [0.2, 0.25) is 12.7 Å². The molecule has 0 saturated carbocycles. The van der Waals surface area contributed by atoms with Crippen LogP contribution in [0.4, 0.5) is 0 Å². The quantitative estimate of drug-likeness (QED) is 0.0786. The summed E-state index contributed by atoms with van der Waals surface area (Å²) in [6.07, 6.45) is 20.7. The van der Waals surface area contributed by atoms with Crippen LogP contribution < -0.4 is 9.13 Å². The summed E-state index contributed by atoms with van der Waals surface area (Å²) in [5.41, 5.74) is 7.93. The second-order valence-corrected chi connectivity index (χ2v) is 13.4. The fraction of sp³-hybridized carbons (Fsp3) is 0.488. The molecule has 2 aromatic carbocycles. The van der Waals surface area contributed by atoms with Crippen LogP contribution in [0.5, 0.6) is 0 Å². The van der Waals surface area contributed by atoms with E-state index in [1.807, 2.05) is 0 Å². The zero-order valence-electron chi connectivity index (χ0n) is 34.6. The zero-order valence-corrected chi connectivity index (χ0v) is 37.1. The van der Waals surface area contributed by atoms with Gasteiger partial charge in [-0.25, -0.2) is 0 Å². The minimum absolute atomic E-state index is 0. The van der Waals surface area contributed by atoms with Gasteiger partial charge in [0.15, 0.2) is 6.67 Å². The molecule has 2 aliphatic rings. The van der Waals surface area contributed by atoms with Crippen molar-refractivity contribution in [3.8, 4) is 11.4 Å². The summed E-state index contributed by atoms with van der Waals surface area (Å²) < 4.78 is 48.4. The second-order valence-electron chi connectivity index (χ2n) is 13.4. The molecule has 10 nitrogen and oxygen atoms in total. The molecule has 2 aliphatic heterocycles. The van der Waals surface area contributed by atoms with Gasteiger partial charge in [-0.1, -0.05) is 91.8 Å². The number of para-hydroxylation sites is 2. The van der Waals surface area contributed by atoms with Crippen LogP contribution in [0, 0.1) is 39.3 Å². The summed E-state index contributed by atoms with van der Waals surface area (Å²) in [5, 5.41) is 0. The first-order valence-corrected chi connectivity index (χ1v) is 17.9. The van der Waals surface area contributed by atoms with Gasteiger partial charge in [-0.3, -0.25) is 9.13 Å². The van der Waals surface area contributed by atoms with Crippen LogP contribution in [0.3, 0.4) is 0 Å². The number of hydrogen-bond acceptors (Lipinski definition) is 2. The Labute approximate surface area is 354 Å². The molecule has 0 amide bonds. The van der Waals surface area contributed by atoms with E-state index in [9.17, 15) is 0 Å². The number of nitrogens with zero attached hydrogens (tertiary/aromatic N) is 4. The number of hydrogen-bond donors (Lipinski definition) is 0. The Balaban J connectivity index is -0.000000541. The van der Waals surface area contributed by atoms with Crippen molar-refractivity contribution in [3.05, 3.63) is 123 Å². The Kier molecular flexibility index (Phi) is 33.8. The van der Waals surface area contributed by atoms with Crippen molar-refractivity contribution in [1.29, 1.82) is 0 Å². The summed E-state index contributed by atoms with van der Waals surface area (Å²) in [7, 11) is 0. The van der Waals surface area contributed by atoms with E-state index in [0.717, 1.165) is 26.4 Å². The molecule has 0 aliphatic carbocycles. The summed E-state index contributed by atoms with van der Waals surface area (Å²) in [4.78, 5) is 0. The van der Waals surface area contributed by atoms with Crippen molar-refractivity contribution >= 4 is 19.8 Å². The minimum atomic E-state index is 0. The molecular weight excluding hydrogens is 794 g/mol. The Bertz CT molecular complexity index is 1470. The zero-order chi connectivity index (χ0) is 40.3. The molecule has 6 rings (SSSR count). The molecule has 0 bridgehead atoms. The van der Waals surface area contributed by atoms with E-state index < -0.39 is 0 Å². The van der Waals surface area contributed by atoms with Crippen molar-refractivity contribution in [2.75, 3.05) is 26.4 Å². The molecule has 0 unspecified atom stereocenters. The fourth-order valence-electron chi connectivity index (χ4n) is 5.88. The number of rotatable bonds is 8. The summed E-state index contributed by atoms with van der Waals surface area (Å²) in [6.45, 7) is 40.7. The van der Waals surface area contributed by atoms with Gasteiger partial charge >= 0.3 is 45.2 Å². The molecule has 297 valence electrons. The summed E-state index contributed by atoms with van der Waals surface area (Å²) in [5.74, 6) is 1.78. The van der Waals surface area contributed by atoms with Crippen molar-refractivity contribution in [2.24, 2.45) is 0 Å². The molecule has 12 heteroatoms. The van der Waals surface area contributed by atoms with Crippen LogP contribution in [0.15, 0.2) is 61.2 Å². The predicted molar refractivity (Wildman–Crippen MR) is 204 cm³/mol. The number of ether oxygens (including phenoxy) is 2. The Morgan fingerprint density at radius 2 is 0.818 bits per heavy atom. The van der Waals surface area contributed by atoms with Gasteiger partial charge in [-0.05, 0) is 71.6 Å².